The van der Waals surface area contributed by atoms with E-state index in [1.165, 1.54) is 0 Å². The number of nitrogens with zero attached hydrogens (tertiary/aromatic N) is 2. The fourth-order valence-corrected chi connectivity index (χ4v) is 2.68. The summed E-state index contributed by atoms with van der Waals surface area (Å²) < 4.78 is 14.2. The molecule has 1 saturated heterocycles. The van der Waals surface area contributed by atoms with E-state index >= 15 is 0 Å². The predicted octanol–water partition coefficient (Wildman–Crippen LogP) is 2.77. The number of benzene rings is 1. The quantitative estimate of drug-likeness (QED) is 0.903. The van der Waals surface area contributed by atoms with Gasteiger partial charge in [0.15, 0.2) is 0 Å². The van der Waals surface area contributed by atoms with E-state index in [9.17, 15) is 4.39 Å². The Hall–Kier alpha value is -1.13. The summed E-state index contributed by atoms with van der Waals surface area (Å²) in [7, 11) is 0. The van der Waals surface area contributed by atoms with Crippen molar-refractivity contribution < 1.29 is 4.39 Å². The fourth-order valence-electron chi connectivity index (χ4n) is 2.68. The lowest BCUT2D eigenvalue weighted by Crippen LogP contribution is -2.53. The average molecular weight is 279 g/mol. The maximum atomic E-state index is 14.2. The molecule has 112 valence electrons. The van der Waals surface area contributed by atoms with Gasteiger partial charge in [-0.1, -0.05) is 6.07 Å². The van der Waals surface area contributed by atoms with Crippen LogP contribution in [0.4, 0.5) is 10.1 Å². The molecule has 0 radical (unpaired) electrons. The molecule has 20 heavy (non-hydrogen) atoms. The lowest BCUT2D eigenvalue weighted by Gasteiger charge is -2.43. The molecule has 3 nitrogen and oxygen atoms in total. The van der Waals surface area contributed by atoms with E-state index in [1.54, 1.807) is 6.07 Å². The van der Waals surface area contributed by atoms with Crippen molar-refractivity contribution >= 4 is 5.69 Å². The van der Waals surface area contributed by atoms with Crippen molar-refractivity contribution in [2.24, 2.45) is 5.73 Å². The molecule has 2 rings (SSSR count). The maximum Gasteiger partial charge on any atom is 0.146 e. The van der Waals surface area contributed by atoms with Gasteiger partial charge < -0.3 is 10.6 Å². The van der Waals surface area contributed by atoms with Crippen molar-refractivity contribution in [2.45, 2.75) is 39.3 Å². The van der Waals surface area contributed by atoms with Gasteiger partial charge in [-0.25, -0.2) is 4.39 Å². The minimum absolute atomic E-state index is 0.128. The van der Waals surface area contributed by atoms with Crippen molar-refractivity contribution in [1.82, 2.24) is 4.90 Å². The summed E-state index contributed by atoms with van der Waals surface area (Å²) in [5.41, 5.74) is 7.52. The number of piperazine rings is 1. The van der Waals surface area contributed by atoms with E-state index in [-0.39, 0.29) is 17.4 Å². The molecular formula is C16H26FN3. The molecule has 1 aliphatic rings. The molecule has 1 unspecified atom stereocenters. The predicted molar refractivity (Wildman–Crippen MR) is 82.5 cm³/mol. The van der Waals surface area contributed by atoms with E-state index < -0.39 is 0 Å². The average Bonchev–Trinajstić information content (AvgIpc) is 2.37. The van der Waals surface area contributed by atoms with Crippen molar-refractivity contribution in [2.75, 3.05) is 31.1 Å². The standard InChI is InChI=1S/C16H26FN3/c1-12(18)13-5-6-15(14(17)11-13)19-7-9-20(10-8-19)16(2,3)4/h5-6,11-12H,7-10,18H2,1-4H3. The first-order valence-corrected chi connectivity index (χ1v) is 7.34. The molecule has 0 bridgehead atoms. The summed E-state index contributed by atoms with van der Waals surface area (Å²) in [5.74, 6) is -0.163. The maximum absolute atomic E-state index is 14.2. The Kier molecular flexibility index (Phi) is 4.35. The molecule has 0 amide bonds. The molecule has 0 aliphatic carbocycles. The molecular weight excluding hydrogens is 253 g/mol. The highest BCUT2D eigenvalue weighted by molar-refractivity contribution is 5.50. The Balaban J connectivity index is 2.07. The van der Waals surface area contributed by atoms with E-state index in [4.69, 9.17) is 5.73 Å². The van der Waals surface area contributed by atoms with E-state index in [1.807, 2.05) is 19.1 Å². The number of halogens is 1. The topological polar surface area (TPSA) is 32.5 Å². The first kappa shape index (κ1) is 15.3. The zero-order chi connectivity index (χ0) is 14.9. The SMILES string of the molecule is CC(N)c1ccc(N2CCN(C(C)(C)C)CC2)c(F)c1. The van der Waals surface area contributed by atoms with Crippen LogP contribution in [0, 0.1) is 5.82 Å². The second-order valence-corrected chi connectivity index (χ2v) is 6.64. The van der Waals surface area contributed by atoms with Gasteiger partial charge >= 0.3 is 0 Å². The third kappa shape index (κ3) is 3.30. The van der Waals surface area contributed by atoms with Crippen molar-refractivity contribution in [3.8, 4) is 0 Å². The van der Waals surface area contributed by atoms with Gasteiger partial charge in [0.2, 0.25) is 0 Å². The van der Waals surface area contributed by atoms with Gasteiger partial charge in [0, 0.05) is 37.8 Å². The Morgan fingerprint density at radius 2 is 1.75 bits per heavy atom. The van der Waals surface area contributed by atoms with Crippen LogP contribution in [0.3, 0.4) is 0 Å². The van der Waals surface area contributed by atoms with E-state index in [0.717, 1.165) is 31.7 Å². The zero-order valence-electron chi connectivity index (χ0n) is 13.0. The summed E-state index contributed by atoms with van der Waals surface area (Å²) in [6.07, 6.45) is 0. The Morgan fingerprint density at radius 3 is 2.20 bits per heavy atom. The summed E-state index contributed by atoms with van der Waals surface area (Å²) in [4.78, 5) is 4.57. The van der Waals surface area contributed by atoms with Gasteiger partial charge in [-0.05, 0) is 45.4 Å². The number of hydrogen-bond donors (Lipinski definition) is 1. The van der Waals surface area contributed by atoms with Gasteiger partial charge in [-0.15, -0.1) is 0 Å². The van der Waals surface area contributed by atoms with Gasteiger partial charge in [-0.2, -0.15) is 0 Å². The van der Waals surface area contributed by atoms with Crippen LogP contribution in [0.2, 0.25) is 0 Å². The van der Waals surface area contributed by atoms with Crippen LogP contribution in [-0.2, 0) is 0 Å². The summed E-state index contributed by atoms with van der Waals surface area (Å²) in [5, 5.41) is 0. The molecule has 1 aromatic carbocycles. The van der Waals surface area contributed by atoms with Crippen LogP contribution in [0.5, 0.6) is 0 Å². The molecule has 1 aliphatic heterocycles. The molecule has 4 heteroatoms. The minimum Gasteiger partial charge on any atom is -0.367 e. The van der Waals surface area contributed by atoms with Crippen molar-refractivity contribution in [1.29, 1.82) is 0 Å². The second-order valence-electron chi connectivity index (χ2n) is 6.64. The van der Waals surface area contributed by atoms with E-state index in [0.29, 0.717) is 5.69 Å². The summed E-state index contributed by atoms with van der Waals surface area (Å²) in [6, 6.07) is 5.23. The largest absolute Gasteiger partial charge is 0.367 e. The Labute approximate surface area is 121 Å². The molecule has 2 N–H and O–H groups in total. The summed E-state index contributed by atoms with van der Waals surface area (Å²) in [6.45, 7) is 12.2. The lowest BCUT2D eigenvalue weighted by atomic mass is 10.0. The van der Waals surface area contributed by atoms with Crippen molar-refractivity contribution in [3.05, 3.63) is 29.6 Å². The summed E-state index contributed by atoms with van der Waals surface area (Å²) >= 11 is 0. The Morgan fingerprint density at radius 1 is 1.15 bits per heavy atom. The number of nitrogens with two attached hydrogens (primary N) is 1. The highest BCUT2D eigenvalue weighted by Crippen LogP contribution is 2.25. The van der Waals surface area contributed by atoms with Gasteiger partial charge in [-0.3, -0.25) is 4.90 Å². The van der Waals surface area contributed by atoms with Crippen LogP contribution >= 0.6 is 0 Å². The zero-order valence-corrected chi connectivity index (χ0v) is 13.0. The van der Waals surface area contributed by atoms with Gasteiger partial charge in [0.1, 0.15) is 5.82 Å². The first-order valence-electron chi connectivity index (χ1n) is 7.34. The van der Waals surface area contributed by atoms with Crippen molar-refractivity contribution in [3.63, 3.8) is 0 Å². The molecule has 1 aromatic rings. The van der Waals surface area contributed by atoms with Crippen LogP contribution in [-0.4, -0.2) is 36.6 Å². The first-order chi connectivity index (χ1) is 9.29. The highest BCUT2D eigenvalue weighted by Gasteiger charge is 2.26. The highest BCUT2D eigenvalue weighted by atomic mass is 19.1. The molecule has 0 aromatic heterocycles. The molecule has 1 fully saturated rings. The lowest BCUT2D eigenvalue weighted by molar-refractivity contribution is 0.128. The monoisotopic (exact) mass is 279 g/mol. The van der Waals surface area contributed by atoms with Crippen LogP contribution in [0.1, 0.15) is 39.3 Å². The Bertz CT molecular complexity index is 457. The fraction of sp³-hybridized carbons (Fsp3) is 0.625. The minimum atomic E-state index is -0.163. The van der Waals surface area contributed by atoms with Crippen LogP contribution in [0.25, 0.3) is 0 Å². The molecule has 1 heterocycles. The molecule has 0 spiro atoms. The third-order valence-corrected chi connectivity index (χ3v) is 4.07. The third-order valence-electron chi connectivity index (χ3n) is 4.07. The number of hydrogen-bond acceptors (Lipinski definition) is 3. The number of rotatable bonds is 2. The molecule has 0 saturated carbocycles. The van der Waals surface area contributed by atoms with Crippen LogP contribution < -0.4 is 10.6 Å². The number of anilines is 1. The normalized spacial score (nSPS) is 19.2. The smallest absolute Gasteiger partial charge is 0.146 e. The van der Waals surface area contributed by atoms with Crippen LogP contribution in [0.15, 0.2) is 18.2 Å². The van der Waals surface area contributed by atoms with Gasteiger partial charge in [0.05, 0.1) is 5.69 Å². The van der Waals surface area contributed by atoms with Gasteiger partial charge in [0.25, 0.3) is 0 Å². The molecule has 1 atom stereocenters. The second kappa shape index (κ2) is 5.70. The van der Waals surface area contributed by atoms with E-state index in [2.05, 4.69) is 30.6 Å².